The Morgan fingerprint density at radius 3 is 2.53 bits per heavy atom. The van der Waals surface area contributed by atoms with Gasteiger partial charge < -0.3 is 4.79 Å². The summed E-state index contributed by atoms with van der Waals surface area (Å²) in [5.74, 6) is -0.0397. The number of hydrogen-bond donors (Lipinski definition) is 0. The molecule has 0 radical (unpaired) electrons. The molecule has 0 saturated heterocycles. The lowest BCUT2D eigenvalue weighted by Crippen LogP contribution is -2.03. The lowest BCUT2D eigenvalue weighted by atomic mass is 9.94. The van der Waals surface area contributed by atoms with Gasteiger partial charge in [0.1, 0.15) is 12.1 Å². The number of carbonyl (C=O) groups excluding carboxylic acids is 1. The van der Waals surface area contributed by atoms with Crippen LogP contribution in [0.1, 0.15) is 19.8 Å². The molecule has 0 fully saturated rings. The van der Waals surface area contributed by atoms with Crippen LogP contribution in [0.3, 0.4) is 0 Å². The maximum atomic E-state index is 13.3. The van der Waals surface area contributed by atoms with E-state index < -0.39 is 0 Å². The number of hydrogen-bond acceptors (Lipinski definition) is 1. The highest BCUT2D eigenvalue weighted by Gasteiger charge is 2.12. The van der Waals surface area contributed by atoms with Gasteiger partial charge in [0.05, 0.1) is 0 Å². The van der Waals surface area contributed by atoms with Gasteiger partial charge in [-0.1, -0.05) is 42.8 Å². The van der Waals surface area contributed by atoms with Gasteiger partial charge in [0, 0.05) is 17.4 Å². The van der Waals surface area contributed by atoms with Crippen LogP contribution in [0.2, 0.25) is 0 Å². The largest absolute Gasteiger partial charge is 0.303 e. The van der Waals surface area contributed by atoms with Gasteiger partial charge in [-0.3, -0.25) is 0 Å². The van der Waals surface area contributed by atoms with Crippen molar-refractivity contribution >= 4 is 17.9 Å². The molecule has 0 amide bonds. The van der Waals surface area contributed by atoms with Gasteiger partial charge in [-0.2, -0.15) is 0 Å². The van der Waals surface area contributed by atoms with E-state index >= 15 is 0 Å². The predicted molar refractivity (Wildman–Crippen MR) is 76.4 cm³/mol. The zero-order chi connectivity index (χ0) is 13.8. The Morgan fingerprint density at radius 2 is 1.89 bits per heavy atom. The van der Waals surface area contributed by atoms with Gasteiger partial charge in [0.15, 0.2) is 0 Å². The number of rotatable bonds is 3. The Labute approximate surface area is 117 Å². The summed E-state index contributed by atoms with van der Waals surface area (Å²) >= 11 is 5.99. The molecule has 0 aromatic rings. The number of aldehydes is 1. The molecule has 2 aliphatic carbocycles. The second-order valence-corrected chi connectivity index (χ2v) is 5.52. The normalized spacial score (nSPS) is 27.5. The summed E-state index contributed by atoms with van der Waals surface area (Å²) in [5.41, 5.74) is 1.75. The summed E-state index contributed by atoms with van der Waals surface area (Å²) in [6.45, 7) is 1.99. The molecule has 0 spiro atoms. The maximum absolute atomic E-state index is 13.3. The topological polar surface area (TPSA) is 17.1 Å². The molecule has 0 aromatic carbocycles. The molecule has 2 atom stereocenters. The first-order chi connectivity index (χ1) is 9.06. The van der Waals surface area contributed by atoms with E-state index in [0.29, 0.717) is 17.9 Å². The third-order valence-electron chi connectivity index (χ3n) is 3.12. The van der Waals surface area contributed by atoms with Crippen molar-refractivity contribution in [3.63, 3.8) is 0 Å². The molecule has 2 rings (SSSR count). The van der Waals surface area contributed by atoms with Crippen LogP contribution in [0.5, 0.6) is 0 Å². The summed E-state index contributed by atoms with van der Waals surface area (Å²) in [4.78, 5) is 10.8. The molecule has 0 bridgehead atoms. The van der Waals surface area contributed by atoms with Crippen LogP contribution < -0.4 is 0 Å². The van der Waals surface area contributed by atoms with Crippen LogP contribution in [0, 0.1) is 11.8 Å². The smallest absolute Gasteiger partial charge is 0.127 e. The van der Waals surface area contributed by atoms with Crippen LogP contribution in [-0.4, -0.2) is 6.29 Å². The van der Waals surface area contributed by atoms with Crippen molar-refractivity contribution < 1.29 is 9.18 Å². The van der Waals surface area contributed by atoms with Crippen LogP contribution in [-0.2, 0) is 4.79 Å². The average Bonchev–Trinajstić information content (AvgIpc) is 2.34. The third kappa shape index (κ3) is 4.03. The molecule has 2 unspecified atom stereocenters. The van der Waals surface area contributed by atoms with Gasteiger partial charge in [-0.05, 0) is 35.6 Å². The van der Waals surface area contributed by atoms with Crippen molar-refractivity contribution in [2.24, 2.45) is 11.8 Å². The summed E-state index contributed by atoms with van der Waals surface area (Å²) in [5, 5.41) is 0.673. The minimum Gasteiger partial charge on any atom is -0.303 e. The third-order valence-corrected chi connectivity index (χ3v) is 3.38. The molecule has 0 saturated carbocycles. The molecule has 0 aliphatic heterocycles. The summed E-state index contributed by atoms with van der Waals surface area (Å²) in [6.07, 6.45) is 12.9. The first kappa shape index (κ1) is 14.0. The van der Waals surface area contributed by atoms with E-state index in [4.69, 9.17) is 11.6 Å². The zero-order valence-electron chi connectivity index (χ0n) is 10.8. The summed E-state index contributed by atoms with van der Waals surface area (Å²) in [7, 11) is 0. The minimum atomic E-state index is -0.163. The van der Waals surface area contributed by atoms with Crippen LogP contribution in [0.15, 0.2) is 58.5 Å². The fourth-order valence-corrected chi connectivity index (χ4v) is 2.59. The molecule has 2 aliphatic rings. The fourth-order valence-electron chi connectivity index (χ4n) is 2.29. The van der Waals surface area contributed by atoms with Crippen molar-refractivity contribution in [1.82, 2.24) is 0 Å². The molecule has 3 heteroatoms. The number of halogens is 2. The molecule has 1 nitrogen and oxygen atoms in total. The van der Waals surface area contributed by atoms with Crippen LogP contribution in [0.25, 0.3) is 0 Å². The molecule has 0 aromatic heterocycles. The summed E-state index contributed by atoms with van der Waals surface area (Å²) < 4.78 is 13.3. The Balaban J connectivity index is 2.14. The lowest BCUT2D eigenvalue weighted by molar-refractivity contribution is -0.109. The fraction of sp³-hybridized carbons (Fsp3) is 0.312. The van der Waals surface area contributed by atoms with Crippen LogP contribution >= 0.6 is 11.6 Å². The van der Waals surface area contributed by atoms with Gasteiger partial charge >= 0.3 is 0 Å². The molecular formula is C16H16ClFO. The number of allylic oxidation sites excluding steroid dienone is 10. The van der Waals surface area contributed by atoms with E-state index in [-0.39, 0.29) is 17.7 Å². The second-order valence-electron chi connectivity index (χ2n) is 5.03. The van der Waals surface area contributed by atoms with Gasteiger partial charge in [-0.15, -0.1) is 0 Å². The van der Waals surface area contributed by atoms with Crippen molar-refractivity contribution in [3.05, 3.63) is 58.5 Å². The van der Waals surface area contributed by atoms with E-state index in [0.717, 1.165) is 17.4 Å². The zero-order valence-corrected chi connectivity index (χ0v) is 11.5. The van der Waals surface area contributed by atoms with Gasteiger partial charge in [-0.25, -0.2) is 4.39 Å². The molecule has 100 valence electrons. The van der Waals surface area contributed by atoms with Crippen molar-refractivity contribution in [2.45, 2.75) is 19.8 Å². The Bertz CT molecular complexity index is 523. The van der Waals surface area contributed by atoms with Crippen molar-refractivity contribution in [2.75, 3.05) is 0 Å². The summed E-state index contributed by atoms with van der Waals surface area (Å²) in [6, 6.07) is 0. The van der Waals surface area contributed by atoms with E-state index in [2.05, 4.69) is 0 Å². The average molecular weight is 279 g/mol. The van der Waals surface area contributed by atoms with Crippen molar-refractivity contribution in [1.29, 1.82) is 0 Å². The Morgan fingerprint density at radius 1 is 1.21 bits per heavy atom. The van der Waals surface area contributed by atoms with Gasteiger partial charge in [0.25, 0.3) is 0 Å². The first-order valence-corrected chi connectivity index (χ1v) is 6.74. The minimum absolute atomic E-state index is 0.0911. The molecule has 0 N–H and O–H groups in total. The SMILES string of the molecule is CC1C=C(/C=C/C2=CC(C=O)CC(Cl)=C2)C=C(F)C1. The number of carbonyl (C=O) groups is 1. The quantitative estimate of drug-likeness (QED) is 0.688. The van der Waals surface area contributed by atoms with Crippen molar-refractivity contribution in [3.8, 4) is 0 Å². The Kier molecular flexibility index (Phi) is 4.54. The van der Waals surface area contributed by atoms with Gasteiger partial charge in [0.2, 0.25) is 0 Å². The highest BCUT2D eigenvalue weighted by molar-refractivity contribution is 6.30. The maximum Gasteiger partial charge on any atom is 0.127 e. The molecule has 19 heavy (non-hydrogen) atoms. The second kappa shape index (κ2) is 6.16. The lowest BCUT2D eigenvalue weighted by Gasteiger charge is -2.13. The van der Waals surface area contributed by atoms with Crippen LogP contribution in [0.4, 0.5) is 4.39 Å². The van der Waals surface area contributed by atoms with E-state index in [1.165, 1.54) is 0 Å². The predicted octanol–water partition coefficient (Wildman–Crippen LogP) is 4.63. The highest BCUT2D eigenvalue weighted by atomic mass is 35.5. The first-order valence-electron chi connectivity index (χ1n) is 6.36. The highest BCUT2D eigenvalue weighted by Crippen LogP contribution is 2.27. The molecule has 0 heterocycles. The van der Waals surface area contributed by atoms with E-state index in [1.54, 1.807) is 6.08 Å². The monoisotopic (exact) mass is 278 g/mol. The molecular weight excluding hydrogens is 263 g/mol. The standard InChI is InChI=1S/C16H16ClFO/c1-11-4-12(9-16(18)5-11)2-3-13-6-14(10-19)8-15(17)7-13/h2-4,6-7,9-11,14H,5,8H2,1H3/b3-2+. The van der Waals surface area contributed by atoms with E-state index in [9.17, 15) is 9.18 Å². The van der Waals surface area contributed by atoms with E-state index in [1.807, 2.05) is 37.3 Å². The Hall–Kier alpha value is -1.41.